The molecule has 1 aromatic carbocycles. The Bertz CT molecular complexity index is 1130. The molecular formula is C25H30F2N6O2. The summed E-state index contributed by atoms with van der Waals surface area (Å²) in [6.45, 7) is 5.21. The largest absolute Gasteiger partial charge is 0.477 e. The molecule has 3 heterocycles. The number of hydrogen-bond donors (Lipinski definition) is 1. The highest BCUT2D eigenvalue weighted by Crippen LogP contribution is 2.34. The van der Waals surface area contributed by atoms with E-state index < -0.39 is 23.3 Å². The normalized spacial score (nSPS) is 19.4. The zero-order valence-electron chi connectivity index (χ0n) is 19.7. The molecule has 0 amide bonds. The number of pyridine rings is 1. The monoisotopic (exact) mass is 484 g/mol. The van der Waals surface area contributed by atoms with Gasteiger partial charge in [0.15, 0.2) is 0 Å². The molecule has 0 spiro atoms. The highest BCUT2D eigenvalue weighted by atomic mass is 19.1. The van der Waals surface area contributed by atoms with Crippen LogP contribution in [0.3, 0.4) is 0 Å². The molecule has 0 radical (unpaired) electrons. The van der Waals surface area contributed by atoms with E-state index in [1.54, 1.807) is 0 Å². The minimum absolute atomic E-state index is 0.0150. The first kappa shape index (κ1) is 23.6. The van der Waals surface area contributed by atoms with E-state index in [0.717, 1.165) is 11.9 Å². The van der Waals surface area contributed by atoms with Crippen LogP contribution in [0.5, 0.6) is 5.88 Å². The van der Waals surface area contributed by atoms with E-state index in [9.17, 15) is 13.9 Å². The average Bonchev–Trinajstić information content (AvgIpc) is 3.56. The number of ether oxygens (including phenoxy) is 1. The smallest absolute Gasteiger partial charge is 0.215 e. The van der Waals surface area contributed by atoms with Crippen molar-refractivity contribution >= 4 is 5.82 Å². The number of rotatable bonds is 9. The number of hydrogen-bond acceptors (Lipinski definition) is 7. The van der Waals surface area contributed by atoms with Crippen molar-refractivity contribution in [2.75, 3.05) is 37.7 Å². The van der Waals surface area contributed by atoms with Crippen LogP contribution >= 0.6 is 0 Å². The molecule has 1 saturated carbocycles. The van der Waals surface area contributed by atoms with Crippen LogP contribution in [0.4, 0.5) is 14.6 Å². The van der Waals surface area contributed by atoms with Gasteiger partial charge in [-0.2, -0.15) is 10.1 Å². The molecule has 1 aliphatic heterocycles. The van der Waals surface area contributed by atoms with Gasteiger partial charge < -0.3 is 14.7 Å². The van der Waals surface area contributed by atoms with Gasteiger partial charge in [-0.1, -0.05) is 12.1 Å². The van der Waals surface area contributed by atoms with Gasteiger partial charge in [-0.25, -0.2) is 18.4 Å². The summed E-state index contributed by atoms with van der Waals surface area (Å²) in [5.41, 5.74) is -1.62. The third-order valence-electron chi connectivity index (χ3n) is 7.02. The molecule has 1 saturated heterocycles. The molecule has 2 fully saturated rings. The number of halogens is 2. The molecule has 2 unspecified atom stereocenters. The minimum atomic E-state index is -1.65. The Morgan fingerprint density at radius 2 is 1.94 bits per heavy atom. The van der Waals surface area contributed by atoms with Crippen molar-refractivity contribution in [1.82, 2.24) is 24.6 Å². The lowest BCUT2D eigenvalue weighted by atomic mass is 9.85. The van der Waals surface area contributed by atoms with E-state index in [4.69, 9.17) is 4.74 Å². The molecule has 35 heavy (non-hydrogen) atoms. The second-order valence-electron chi connectivity index (χ2n) is 9.43. The highest BCUT2D eigenvalue weighted by Gasteiger charge is 2.42. The van der Waals surface area contributed by atoms with Gasteiger partial charge in [0, 0.05) is 49.9 Å². The van der Waals surface area contributed by atoms with Crippen LogP contribution in [0.25, 0.3) is 0 Å². The molecule has 1 N–H and O–H groups in total. The zero-order chi connectivity index (χ0) is 24.4. The van der Waals surface area contributed by atoms with Crippen molar-refractivity contribution in [2.45, 2.75) is 38.0 Å². The molecular weight excluding hydrogens is 454 g/mol. The Balaban J connectivity index is 1.30. The third kappa shape index (κ3) is 5.28. The number of benzene rings is 1. The third-order valence-corrected chi connectivity index (χ3v) is 7.02. The lowest BCUT2D eigenvalue weighted by Crippen LogP contribution is -2.57. The van der Waals surface area contributed by atoms with Gasteiger partial charge in [-0.15, -0.1) is 0 Å². The summed E-state index contributed by atoms with van der Waals surface area (Å²) in [5.74, 6) is 0.678. The fourth-order valence-electron chi connectivity index (χ4n) is 4.63. The van der Waals surface area contributed by atoms with Crippen LogP contribution in [-0.4, -0.2) is 68.6 Å². The van der Waals surface area contributed by atoms with Gasteiger partial charge in [0.25, 0.3) is 0 Å². The van der Waals surface area contributed by atoms with Crippen LogP contribution in [0.15, 0.2) is 49.1 Å². The predicted octanol–water partition coefficient (Wildman–Crippen LogP) is 2.84. The minimum Gasteiger partial charge on any atom is -0.477 e. The molecule has 2 aliphatic rings. The maximum atomic E-state index is 14.8. The van der Waals surface area contributed by atoms with E-state index >= 15 is 0 Å². The van der Waals surface area contributed by atoms with Crippen molar-refractivity contribution in [3.63, 3.8) is 0 Å². The Morgan fingerprint density at radius 1 is 1.14 bits per heavy atom. The maximum Gasteiger partial charge on any atom is 0.215 e. The Hall–Kier alpha value is -3.11. The summed E-state index contributed by atoms with van der Waals surface area (Å²) in [5, 5.41) is 15.9. The molecule has 2 atom stereocenters. The molecule has 5 rings (SSSR count). The van der Waals surface area contributed by atoms with Crippen molar-refractivity contribution in [1.29, 1.82) is 0 Å². The van der Waals surface area contributed by atoms with Crippen molar-refractivity contribution in [3.05, 3.63) is 66.3 Å². The highest BCUT2D eigenvalue weighted by molar-refractivity contribution is 5.41. The number of piperazine rings is 1. The quantitative estimate of drug-likeness (QED) is 0.500. The molecule has 10 heteroatoms. The Kier molecular flexibility index (Phi) is 6.66. The molecule has 2 aromatic heterocycles. The number of nitrogens with zero attached hydrogens (tertiary/aromatic N) is 6. The van der Waals surface area contributed by atoms with Crippen LogP contribution in [-0.2, 0) is 12.1 Å². The number of anilines is 1. The SMILES string of the molecule is CC(N1CCN(c2cccc(OCC3CC3)n2)CC1)C(O)(Cn1cncn1)c1ccc(F)cc1F. The van der Waals surface area contributed by atoms with Gasteiger partial charge >= 0.3 is 0 Å². The van der Waals surface area contributed by atoms with E-state index in [2.05, 4.69) is 24.9 Å². The van der Waals surface area contributed by atoms with Crippen molar-refractivity contribution in [2.24, 2.45) is 5.92 Å². The lowest BCUT2D eigenvalue weighted by molar-refractivity contribution is -0.0650. The second kappa shape index (κ2) is 9.87. The van der Waals surface area contributed by atoms with E-state index in [-0.39, 0.29) is 12.1 Å². The number of aromatic nitrogens is 4. The fourth-order valence-corrected chi connectivity index (χ4v) is 4.63. The van der Waals surface area contributed by atoms with Crippen LogP contribution in [0.1, 0.15) is 25.3 Å². The lowest BCUT2D eigenvalue weighted by Gasteiger charge is -2.45. The van der Waals surface area contributed by atoms with E-state index in [1.165, 1.54) is 42.3 Å². The summed E-state index contributed by atoms with van der Waals surface area (Å²) in [4.78, 5) is 12.9. The van der Waals surface area contributed by atoms with Gasteiger partial charge in [-0.3, -0.25) is 4.90 Å². The zero-order valence-corrected chi connectivity index (χ0v) is 19.7. The molecule has 1 aliphatic carbocycles. The Labute approximate surface area is 203 Å². The van der Waals surface area contributed by atoms with Crippen LogP contribution in [0, 0.1) is 17.6 Å². The summed E-state index contributed by atoms with van der Waals surface area (Å²) < 4.78 is 35.8. The van der Waals surface area contributed by atoms with Gasteiger partial charge in [0.1, 0.15) is 35.7 Å². The van der Waals surface area contributed by atoms with E-state index in [0.29, 0.717) is 44.6 Å². The first-order valence-electron chi connectivity index (χ1n) is 12.0. The molecule has 186 valence electrons. The standard InChI is InChI=1S/C25H30F2N6O2/c1-18(25(34,15-33-17-28-16-29-33)21-8-7-20(26)13-22(21)27)31-9-11-32(12-10-31)23-3-2-4-24(30-23)35-14-19-5-6-19/h2-4,7-8,13,16-19,34H,5-6,9-12,14-15H2,1H3. The predicted molar refractivity (Wildman–Crippen MR) is 126 cm³/mol. The molecule has 8 nitrogen and oxygen atoms in total. The Morgan fingerprint density at radius 3 is 2.63 bits per heavy atom. The maximum absolute atomic E-state index is 14.8. The average molecular weight is 485 g/mol. The van der Waals surface area contributed by atoms with Gasteiger partial charge in [0.2, 0.25) is 5.88 Å². The summed E-state index contributed by atoms with van der Waals surface area (Å²) in [6, 6.07) is 8.60. The second-order valence-corrected chi connectivity index (χ2v) is 9.43. The van der Waals surface area contributed by atoms with Crippen LogP contribution < -0.4 is 9.64 Å². The first-order chi connectivity index (χ1) is 16.9. The topological polar surface area (TPSA) is 79.5 Å². The van der Waals surface area contributed by atoms with Crippen molar-refractivity contribution < 1.29 is 18.6 Å². The first-order valence-corrected chi connectivity index (χ1v) is 12.0. The summed E-state index contributed by atoms with van der Waals surface area (Å²) in [6.07, 6.45) is 5.29. The van der Waals surface area contributed by atoms with Gasteiger partial charge in [0.05, 0.1) is 13.2 Å². The van der Waals surface area contributed by atoms with Crippen LogP contribution in [0.2, 0.25) is 0 Å². The van der Waals surface area contributed by atoms with E-state index in [1.807, 2.05) is 25.1 Å². The summed E-state index contributed by atoms with van der Waals surface area (Å²) >= 11 is 0. The summed E-state index contributed by atoms with van der Waals surface area (Å²) in [7, 11) is 0. The van der Waals surface area contributed by atoms with Gasteiger partial charge in [-0.05, 0) is 37.8 Å². The fraction of sp³-hybridized carbons (Fsp3) is 0.480. The number of aliphatic hydroxyl groups is 1. The molecule has 3 aromatic rings. The molecule has 0 bridgehead atoms. The van der Waals surface area contributed by atoms with Crippen molar-refractivity contribution in [3.8, 4) is 5.88 Å².